The third-order valence-electron chi connectivity index (χ3n) is 3.90. The first-order valence-corrected chi connectivity index (χ1v) is 8.18. The third-order valence-corrected chi connectivity index (χ3v) is 4.81. The van der Waals surface area contributed by atoms with Gasteiger partial charge < -0.3 is 10.1 Å². The number of hydrogen-bond donors (Lipinski definition) is 1. The molecule has 1 aliphatic rings. The van der Waals surface area contributed by atoms with Gasteiger partial charge in [0.15, 0.2) is 6.61 Å². The second-order valence-corrected chi connectivity index (χ2v) is 6.12. The van der Waals surface area contributed by atoms with Gasteiger partial charge in [0.05, 0.1) is 4.88 Å². The fourth-order valence-corrected chi connectivity index (χ4v) is 3.03. The second-order valence-electron chi connectivity index (χ2n) is 5.17. The number of rotatable bonds is 7. The molecular weight excluding hydrogens is 320 g/mol. The molecule has 0 unspecified atom stereocenters. The van der Waals surface area contributed by atoms with Crippen molar-refractivity contribution in [3.8, 4) is 0 Å². The number of nitrogens with zero attached hydrogens (tertiary/aromatic N) is 1. The van der Waals surface area contributed by atoms with Gasteiger partial charge in [-0.2, -0.15) is 0 Å². The number of thiophene rings is 1. The highest BCUT2D eigenvalue weighted by molar-refractivity contribution is 7.12. The van der Waals surface area contributed by atoms with Crippen LogP contribution >= 0.6 is 11.3 Å². The van der Waals surface area contributed by atoms with Gasteiger partial charge in [0.2, 0.25) is 5.78 Å². The highest BCUT2D eigenvalue weighted by Gasteiger charge is 2.49. The number of carbonyl (C=O) groups excluding carboxylic acids is 4. The number of imide groups is 1. The molecule has 8 heteroatoms. The van der Waals surface area contributed by atoms with Crippen molar-refractivity contribution in [1.29, 1.82) is 0 Å². The smallest absolute Gasteiger partial charge is 0.326 e. The molecule has 124 valence electrons. The minimum atomic E-state index is -0.954. The predicted molar refractivity (Wildman–Crippen MR) is 83.2 cm³/mol. The highest BCUT2D eigenvalue weighted by atomic mass is 32.1. The van der Waals surface area contributed by atoms with Crippen LogP contribution in [-0.4, -0.2) is 47.3 Å². The van der Waals surface area contributed by atoms with Gasteiger partial charge >= 0.3 is 12.0 Å². The average molecular weight is 338 g/mol. The lowest BCUT2D eigenvalue weighted by molar-refractivity contribution is -0.146. The SMILES string of the molecule is CCC1(CC)NC(=O)N(CC(=O)OCC(=O)c2cccs2)C1=O. The Morgan fingerprint density at radius 2 is 2.00 bits per heavy atom. The summed E-state index contributed by atoms with van der Waals surface area (Å²) >= 11 is 1.25. The number of esters is 1. The van der Waals surface area contributed by atoms with Gasteiger partial charge in [-0.3, -0.25) is 19.3 Å². The summed E-state index contributed by atoms with van der Waals surface area (Å²) in [4.78, 5) is 49.1. The minimum absolute atomic E-state index is 0.318. The zero-order valence-corrected chi connectivity index (χ0v) is 13.8. The summed E-state index contributed by atoms with van der Waals surface area (Å²) < 4.78 is 4.87. The number of amides is 3. The van der Waals surface area contributed by atoms with Crippen LogP contribution in [0.15, 0.2) is 17.5 Å². The zero-order valence-electron chi connectivity index (χ0n) is 13.0. The summed E-state index contributed by atoms with van der Waals surface area (Å²) in [5.74, 6) is -1.54. The Morgan fingerprint density at radius 3 is 2.52 bits per heavy atom. The predicted octanol–water partition coefficient (Wildman–Crippen LogP) is 1.58. The number of Topliss-reactive ketones (excluding diaryl/α,β-unsaturated/α-hetero) is 1. The molecular formula is C15H18N2O5S. The van der Waals surface area contributed by atoms with Crippen molar-refractivity contribution in [2.24, 2.45) is 0 Å². The maximum Gasteiger partial charge on any atom is 0.326 e. The highest BCUT2D eigenvalue weighted by Crippen LogP contribution is 2.24. The molecule has 0 atom stereocenters. The largest absolute Gasteiger partial charge is 0.456 e. The second kappa shape index (κ2) is 6.91. The number of ether oxygens (including phenoxy) is 1. The Morgan fingerprint density at radius 1 is 1.30 bits per heavy atom. The van der Waals surface area contributed by atoms with Crippen LogP contribution in [0.2, 0.25) is 0 Å². The molecule has 1 N–H and O–H groups in total. The Bertz CT molecular complexity index is 622. The lowest BCUT2D eigenvalue weighted by Gasteiger charge is -2.22. The van der Waals surface area contributed by atoms with Crippen molar-refractivity contribution in [2.45, 2.75) is 32.2 Å². The van der Waals surface area contributed by atoms with Gasteiger partial charge in [-0.05, 0) is 24.3 Å². The van der Waals surface area contributed by atoms with Crippen LogP contribution in [0.3, 0.4) is 0 Å². The van der Waals surface area contributed by atoms with E-state index in [0.29, 0.717) is 17.7 Å². The Labute approximate surface area is 137 Å². The molecule has 0 aromatic carbocycles. The summed E-state index contributed by atoms with van der Waals surface area (Å²) in [6.07, 6.45) is 0.882. The molecule has 7 nitrogen and oxygen atoms in total. The molecule has 0 spiro atoms. The Hall–Kier alpha value is -2.22. The molecule has 0 saturated carbocycles. The topological polar surface area (TPSA) is 92.8 Å². The first kappa shape index (κ1) is 17.1. The van der Waals surface area contributed by atoms with E-state index in [1.807, 2.05) is 0 Å². The average Bonchev–Trinajstić information content (AvgIpc) is 3.15. The lowest BCUT2D eigenvalue weighted by atomic mass is 9.93. The molecule has 3 amide bonds. The molecule has 2 rings (SSSR count). The van der Waals surface area contributed by atoms with E-state index in [-0.39, 0.29) is 5.78 Å². The number of carbonyl (C=O) groups is 4. The molecule has 1 fully saturated rings. The van der Waals surface area contributed by atoms with Crippen LogP contribution in [-0.2, 0) is 14.3 Å². The summed E-state index contributed by atoms with van der Waals surface area (Å²) in [7, 11) is 0. The molecule has 1 aromatic heterocycles. The maximum absolute atomic E-state index is 12.3. The van der Waals surface area contributed by atoms with E-state index in [1.54, 1.807) is 31.4 Å². The van der Waals surface area contributed by atoms with E-state index in [4.69, 9.17) is 4.74 Å². The number of urea groups is 1. The van der Waals surface area contributed by atoms with E-state index in [2.05, 4.69) is 5.32 Å². The van der Waals surface area contributed by atoms with E-state index >= 15 is 0 Å². The monoisotopic (exact) mass is 338 g/mol. The van der Waals surface area contributed by atoms with Gasteiger partial charge in [0, 0.05) is 0 Å². The Kier molecular flexibility index (Phi) is 5.15. The Balaban J connectivity index is 1.91. The maximum atomic E-state index is 12.3. The molecule has 0 radical (unpaired) electrons. The van der Waals surface area contributed by atoms with Crippen molar-refractivity contribution in [2.75, 3.05) is 13.2 Å². The van der Waals surface area contributed by atoms with Crippen molar-refractivity contribution >= 4 is 35.0 Å². The van der Waals surface area contributed by atoms with Crippen LogP contribution in [0.25, 0.3) is 0 Å². The standard InChI is InChI=1S/C15H18N2O5S/c1-3-15(4-2)13(20)17(14(21)16-15)8-12(19)22-9-10(18)11-6-5-7-23-11/h5-7H,3-4,8-9H2,1-2H3,(H,16,21). The van der Waals surface area contributed by atoms with Crippen molar-refractivity contribution < 1.29 is 23.9 Å². The molecule has 1 aliphatic heterocycles. The summed E-state index contributed by atoms with van der Waals surface area (Å²) in [6, 6.07) is 2.75. The molecule has 23 heavy (non-hydrogen) atoms. The van der Waals surface area contributed by atoms with Gasteiger partial charge in [0.25, 0.3) is 5.91 Å². The third kappa shape index (κ3) is 3.42. The van der Waals surface area contributed by atoms with Crippen molar-refractivity contribution in [3.05, 3.63) is 22.4 Å². The normalized spacial score (nSPS) is 16.3. The first-order chi connectivity index (χ1) is 10.9. The van der Waals surface area contributed by atoms with Crippen LogP contribution in [0, 0.1) is 0 Å². The van der Waals surface area contributed by atoms with Crippen molar-refractivity contribution in [3.63, 3.8) is 0 Å². The number of nitrogens with one attached hydrogen (secondary N) is 1. The molecule has 0 bridgehead atoms. The summed E-state index contributed by atoms with van der Waals surface area (Å²) in [5, 5.41) is 4.37. The molecule has 1 aromatic rings. The number of ketones is 1. The van der Waals surface area contributed by atoms with Gasteiger partial charge in [-0.25, -0.2) is 4.79 Å². The molecule has 2 heterocycles. The number of hydrogen-bond acceptors (Lipinski definition) is 6. The molecule has 1 saturated heterocycles. The fourth-order valence-electron chi connectivity index (χ4n) is 2.38. The lowest BCUT2D eigenvalue weighted by Crippen LogP contribution is -2.46. The van der Waals surface area contributed by atoms with E-state index in [1.165, 1.54) is 11.3 Å². The van der Waals surface area contributed by atoms with Crippen LogP contribution in [0.5, 0.6) is 0 Å². The quantitative estimate of drug-likeness (QED) is 0.463. The molecule has 0 aliphatic carbocycles. The summed E-state index contributed by atoms with van der Waals surface area (Å²) in [5.41, 5.74) is -0.954. The van der Waals surface area contributed by atoms with E-state index < -0.39 is 36.6 Å². The van der Waals surface area contributed by atoms with Gasteiger partial charge in [-0.1, -0.05) is 19.9 Å². The van der Waals surface area contributed by atoms with E-state index in [0.717, 1.165) is 4.90 Å². The minimum Gasteiger partial charge on any atom is -0.456 e. The van der Waals surface area contributed by atoms with Crippen LogP contribution < -0.4 is 5.32 Å². The van der Waals surface area contributed by atoms with E-state index in [9.17, 15) is 19.2 Å². The van der Waals surface area contributed by atoms with Crippen LogP contribution in [0.1, 0.15) is 36.4 Å². The first-order valence-electron chi connectivity index (χ1n) is 7.30. The van der Waals surface area contributed by atoms with Gasteiger partial charge in [-0.15, -0.1) is 11.3 Å². The summed E-state index contributed by atoms with van der Waals surface area (Å²) in [6.45, 7) is 2.69. The van der Waals surface area contributed by atoms with Gasteiger partial charge in [0.1, 0.15) is 12.1 Å². The zero-order chi connectivity index (χ0) is 17.0. The van der Waals surface area contributed by atoms with Crippen LogP contribution in [0.4, 0.5) is 4.79 Å². The van der Waals surface area contributed by atoms with Crippen molar-refractivity contribution in [1.82, 2.24) is 10.2 Å². The fraction of sp³-hybridized carbons (Fsp3) is 0.467.